The van der Waals surface area contributed by atoms with Gasteiger partial charge < -0.3 is 9.47 Å². The molecule has 1 aliphatic carbocycles. The van der Waals surface area contributed by atoms with E-state index in [2.05, 4.69) is 290 Å². The van der Waals surface area contributed by atoms with Crippen LogP contribution in [-0.4, -0.2) is 4.57 Å². The third-order valence-corrected chi connectivity index (χ3v) is 16.2. The zero-order chi connectivity index (χ0) is 51.0. The maximum atomic E-state index is 2.42. The number of hydrogen-bond acceptors (Lipinski definition) is 1. The summed E-state index contributed by atoms with van der Waals surface area (Å²) in [5.41, 5.74) is 25.0. The molecule has 0 saturated carbocycles. The largest absolute Gasteiger partial charge is 0.311 e. The molecule has 0 N–H and O–H groups in total. The van der Waals surface area contributed by atoms with Crippen molar-refractivity contribution in [2.75, 3.05) is 4.90 Å². The van der Waals surface area contributed by atoms with E-state index in [1.54, 1.807) is 0 Å². The Kier molecular flexibility index (Phi) is 12.5. The molecular formula is C74H60N2. The quantitative estimate of drug-likeness (QED) is 0.105. The van der Waals surface area contributed by atoms with Crippen LogP contribution in [-0.2, 0) is 12.8 Å². The zero-order valence-corrected chi connectivity index (χ0v) is 43.3. The van der Waals surface area contributed by atoms with E-state index in [0.29, 0.717) is 11.8 Å². The third kappa shape index (κ3) is 9.11. The summed E-state index contributed by atoms with van der Waals surface area (Å²) in [6.45, 7) is 4.73. The van der Waals surface area contributed by atoms with Gasteiger partial charge in [0.05, 0.1) is 11.0 Å². The van der Waals surface area contributed by atoms with Gasteiger partial charge in [-0.05, 0) is 188 Å². The normalized spacial score (nSPS) is 12.8. The summed E-state index contributed by atoms with van der Waals surface area (Å²) < 4.78 is 2.42. The Morgan fingerprint density at radius 3 is 1.16 bits per heavy atom. The van der Waals surface area contributed by atoms with E-state index < -0.39 is 0 Å². The van der Waals surface area contributed by atoms with E-state index in [1.807, 2.05) is 0 Å². The highest BCUT2D eigenvalue weighted by Gasteiger charge is 2.20. The summed E-state index contributed by atoms with van der Waals surface area (Å²) >= 11 is 0. The molecule has 366 valence electrons. The van der Waals surface area contributed by atoms with Crippen molar-refractivity contribution in [3.8, 4) is 61.3 Å². The lowest BCUT2D eigenvalue weighted by Crippen LogP contribution is -2.09. The van der Waals surface area contributed by atoms with Crippen LogP contribution in [0.1, 0.15) is 60.8 Å². The molecule has 1 aromatic heterocycles. The second kappa shape index (κ2) is 20.4. The Labute approximate surface area is 447 Å². The fourth-order valence-corrected chi connectivity index (χ4v) is 11.8. The van der Waals surface area contributed by atoms with Gasteiger partial charge in [0.2, 0.25) is 0 Å². The van der Waals surface area contributed by atoms with E-state index >= 15 is 0 Å². The minimum absolute atomic E-state index is 0.437. The first-order valence-electron chi connectivity index (χ1n) is 27.2. The second-order valence-electron chi connectivity index (χ2n) is 20.8. The Hall–Kier alpha value is -8.98. The Morgan fingerprint density at radius 1 is 0.355 bits per heavy atom. The van der Waals surface area contributed by atoms with Crippen molar-refractivity contribution in [2.24, 2.45) is 0 Å². The number of anilines is 3. The number of para-hydroxylation sites is 1. The number of hydrogen-bond donors (Lipinski definition) is 0. The summed E-state index contributed by atoms with van der Waals surface area (Å²) in [5, 5.41) is 2.48. The van der Waals surface area contributed by atoms with Crippen LogP contribution >= 0.6 is 0 Å². The van der Waals surface area contributed by atoms with Crippen molar-refractivity contribution in [3.05, 3.63) is 289 Å². The van der Waals surface area contributed by atoms with Crippen LogP contribution in [0, 0.1) is 0 Å². The standard InChI is InChI=1S/C74H60N2/c1-3-52(56-23-25-59(26-24-56)63-29-27-60-28-30-64(60)48-63)47-51(2)53-19-21-61(22-20-53)65-37-45-73-71(49-65)72-50-66(38-46-74(72)76(73)67-17-11-6-12-18-67)62-35-43-70(44-36-62)75(68-39-31-57(32-40-68)54-13-7-4-8-14-54)69-41-33-58(34-42-69)55-15-9-5-10-16-55/h4-27,29,31-46,48-52H,3,28,30,47H2,1-2H3. The maximum absolute atomic E-state index is 2.42. The zero-order valence-electron chi connectivity index (χ0n) is 43.3. The predicted octanol–water partition coefficient (Wildman–Crippen LogP) is 20.4. The van der Waals surface area contributed by atoms with E-state index in [0.717, 1.165) is 35.6 Å². The number of fused-ring (bicyclic) bond motifs is 4. The van der Waals surface area contributed by atoms with Crippen molar-refractivity contribution < 1.29 is 0 Å². The van der Waals surface area contributed by atoms with Crippen LogP contribution in [0.15, 0.2) is 267 Å². The smallest absolute Gasteiger partial charge is 0.0541 e. The lowest BCUT2D eigenvalue weighted by atomic mass is 9.83. The average molecular weight is 977 g/mol. The van der Waals surface area contributed by atoms with Gasteiger partial charge in [0.25, 0.3) is 0 Å². The highest BCUT2D eigenvalue weighted by molar-refractivity contribution is 6.11. The molecule has 2 unspecified atom stereocenters. The Bertz CT molecular complexity index is 3870. The Morgan fingerprint density at radius 2 is 0.724 bits per heavy atom. The van der Waals surface area contributed by atoms with Gasteiger partial charge in [-0.1, -0.05) is 208 Å². The van der Waals surface area contributed by atoms with Crippen LogP contribution in [0.5, 0.6) is 0 Å². The van der Waals surface area contributed by atoms with Crippen molar-refractivity contribution in [2.45, 2.75) is 51.4 Å². The second-order valence-corrected chi connectivity index (χ2v) is 20.8. The molecule has 2 atom stereocenters. The van der Waals surface area contributed by atoms with E-state index in [9.17, 15) is 0 Å². The van der Waals surface area contributed by atoms with Crippen molar-refractivity contribution in [1.82, 2.24) is 4.57 Å². The molecule has 1 aliphatic rings. The molecule has 0 saturated heterocycles. The van der Waals surface area contributed by atoms with Crippen molar-refractivity contribution >= 4 is 38.9 Å². The molecule has 0 radical (unpaired) electrons. The van der Waals surface area contributed by atoms with Crippen molar-refractivity contribution in [1.29, 1.82) is 0 Å². The fraction of sp³-hybridized carbons (Fsp3) is 0.108. The SMILES string of the molecule is CCC(CC(C)c1ccc(-c2ccc3c(c2)c2cc(-c4ccc(N(c5ccc(-c6ccccc6)cc5)c5ccc(-c6ccccc6)cc5)cc4)ccc2n3-c2ccccc2)cc1)c1ccc(-c2ccc3c(c2)CC3)cc1. The van der Waals surface area contributed by atoms with Gasteiger partial charge in [-0.2, -0.15) is 0 Å². The van der Waals surface area contributed by atoms with Gasteiger partial charge in [-0.25, -0.2) is 0 Å². The van der Waals surface area contributed by atoms with Gasteiger partial charge in [0.15, 0.2) is 0 Å². The molecule has 76 heavy (non-hydrogen) atoms. The molecule has 2 heteroatoms. The van der Waals surface area contributed by atoms with Crippen LogP contribution in [0.25, 0.3) is 83.1 Å². The molecular weight excluding hydrogens is 917 g/mol. The summed E-state index contributed by atoms with van der Waals surface area (Å²) in [6, 6.07) is 98.7. The van der Waals surface area contributed by atoms with Gasteiger partial charge >= 0.3 is 0 Å². The molecule has 12 aromatic rings. The summed E-state index contributed by atoms with van der Waals surface area (Å²) in [7, 11) is 0. The van der Waals surface area contributed by atoms with E-state index in [-0.39, 0.29) is 0 Å². The minimum atomic E-state index is 0.437. The van der Waals surface area contributed by atoms with E-state index in [1.165, 1.54) is 113 Å². The van der Waals surface area contributed by atoms with Gasteiger partial charge in [0, 0.05) is 33.5 Å². The number of aromatic nitrogens is 1. The predicted molar refractivity (Wildman–Crippen MR) is 323 cm³/mol. The third-order valence-electron chi connectivity index (χ3n) is 16.2. The first kappa shape index (κ1) is 46.8. The van der Waals surface area contributed by atoms with Crippen LogP contribution in [0.2, 0.25) is 0 Å². The Balaban J connectivity index is 0.795. The van der Waals surface area contributed by atoms with Gasteiger partial charge in [-0.3, -0.25) is 0 Å². The monoisotopic (exact) mass is 976 g/mol. The van der Waals surface area contributed by atoms with Gasteiger partial charge in [0.1, 0.15) is 0 Å². The molecule has 0 aliphatic heterocycles. The lowest BCUT2D eigenvalue weighted by Gasteiger charge is -2.26. The van der Waals surface area contributed by atoms with Crippen LogP contribution in [0.3, 0.4) is 0 Å². The van der Waals surface area contributed by atoms with Crippen LogP contribution in [0.4, 0.5) is 17.1 Å². The first-order valence-corrected chi connectivity index (χ1v) is 27.2. The van der Waals surface area contributed by atoms with Crippen LogP contribution < -0.4 is 4.90 Å². The average Bonchev–Trinajstić information content (AvgIpc) is 3.83. The summed E-state index contributed by atoms with van der Waals surface area (Å²) in [4.78, 5) is 2.36. The molecule has 13 rings (SSSR count). The molecule has 0 fully saturated rings. The lowest BCUT2D eigenvalue weighted by molar-refractivity contribution is 0.544. The summed E-state index contributed by atoms with van der Waals surface area (Å²) in [5.74, 6) is 0.945. The fourth-order valence-electron chi connectivity index (χ4n) is 11.8. The molecule has 2 nitrogen and oxygen atoms in total. The number of benzene rings is 11. The molecule has 0 spiro atoms. The summed E-state index contributed by atoms with van der Waals surface area (Å²) in [6.07, 6.45) is 4.68. The van der Waals surface area contributed by atoms with Crippen molar-refractivity contribution in [3.63, 3.8) is 0 Å². The molecule has 1 heterocycles. The maximum Gasteiger partial charge on any atom is 0.0541 e. The number of rotatable bonds is 14. The molecule has 11 aromatic carbocycles. The first-order chi connectivity index (χ1) is 37.5. The number of aryl methyl sites for hydroxylation is 2. The minimum Gasteiger partial charge on any atom is -0.311 e. The molecule has 0 bridgehead atoms. The number of nitrogens with zero attached hydrogens (tertiary/aromatic N) is 2. The topological polar surface area (TPSA) is 8.17 Å². The van der Waals surface area contributed by atoms with E-state index in [4.69, 9.17) is 0 Å². The highest BCUT2D eigenvalue weighted by Crippen LogP contribution is 2.41. The molecule has 0 amide bonds. The highest BCUT2D eigenvalue weighted by atomic mass is 15.1. The van der Waals surface area contributed by atoms with Gasteiger partial charge in [-0.15, -0.1) is 0 Å².